The molecule has 0 amide bonds. The first-order valence-electron chi connectivity index (χ1n) is 11.4. The Hall–Kier alpha value is -3.33. The minimum absolute atomic E-state index is 0.145. The zero-order valence-electron chi connectivity index (χ0n) is 21.5. The van der Waals surface area contributed by atoms with Gasteiger partial charge in [-0.3, -0.25) is 19.6 Å². The number of hydrogen-bond donors (Lipinski definition) is 1. The van der Waals surface area contributed by atoms with Crippen LogP contribution < -0.4 is 5.73 Å². The van der Waals surface area contributed by atoms with E-state index < -0.39 is 11.2 Å². The number of carbonyl (C=O) groups excluding carboxylic acids is 2. The second-order valence-electron chi connectivity index (χ2n) is 10.00. The fourth-order valence-electron chi connectivity index (χ4n) is 2.98. The summed E-state index contributed by atoms with van der Waals surface area (Å²) in [5, 5.41) is 0. The van der Waals surface area contributed by atoms with Gasteiger partial charge in [0.05, 0.1) is 24.2 Å². The topological polar surface area (TPSA) is 117 Å². The number of carbonyl (C=O) groups is 2. The van der Waals surface area contributed by atoms with Gasteiger partial charge in [0.1, 0.15) is 17.0 Å². The highest BCUT2D eigenvalue weighted by Gasteiger charge is 2.18. The fraction of sp³-hybridized carbons (Fsp3) is 0.370. The van der Waals surface area contributed by atoms with Crippen LogP contribution in [0.2, 0.25) is 0 Å². The molecule has 8 nitrogen and oxygen atoms in total. The second kappa shape index (κ2) is 12.6. The number of rotatable bonds is 5. The molecule has 3 aromatic heterocycles. The van der Waals surface area contributed by atoms with Gasteiger partial charge in [0.2, 0.25) is 0 Å². The number of nitrogen functional groups attached to an aromatic ring is 1. The quantitative estimate of drug-likeness (QED) is 0.418. The van der Waals surface area contributed by atoms with E-state index in [1.54, 1.807) is 24.7 Å². The number of aromatic nitrogens is 3. The van der Waals surface area contributed by atoms with Crippen LogP contribution in [-0.4, -0.2) is 38.1 Å². The van der Waals surface area contributed by atoms with Gasteiger partial charge in [-0.2, -0.15) is 0 Å². The number of halogens is 1. The molecule has 36 heavy (non-hydrogen) atoms. The van der Waals surface area contributed by atoms with E-state index in [-0.39, 0.29) is 24.8 Å². The van der Waals surface area contributed by atoms with Gasteiger partial charge in [-0.15, -0.1) is 0 Å². The molecule has 0 fully saturated rings. The molecule has 3 aromatic rings. The van der Waals surface area contributed by atoms with Crippen LogP contribution in [0.4, 0.5) is 5.82 Å². The molecule has 0 aliphatic carbocycles. The Kier molecular flexibility index (Phi) is 10.1. The van der Waals surface area contributed by atoms with Crippen LogP contribution in [0.3, 0.4) is 0 Å². The number of hydrogen-bond acceptors (Lipinski definition) is 8. The highest BCUT2D eigenvalue weighted by molar-refractivity contribution is 9.10. The maximum atomic E-state index is 11.8. The lowest BCUT2D eigenvalue weighted by atomic mass is 10.1. The Balaban J connectivity index is 0.000000269. The third-order valence-corrected chi connectivity index (χ3v) is 4.69. The van der Waals surface area contributed by atoms with Crippen molar-refractivity contribution in [2.75, 3.05) is 5.73 Å². The first kappa shape index (κ1) is 28.9. The molecular weight excluding hydrogens is 524 g/mol. The normalized spacial score (nSPS) is 11.2. The molecule has 0 saturated carbocycles. The van der Waals surface area contributed by atoms with Crippen LogP contribution in [0, 0.1) is 0 Å². The van der Waals surface area contributed by atoms with Crippen LogP contribution in [0.25, 0.3) is 11.1 Å². The zero-order chi connectivity index (χ0) is 26.9. The number of anilines is 1. The van der Waals surface area contributed by atoms with Crippen LogP contribution in [-0.2, 0) is 31.9 Å². The monoisotopic (exact) mass is 556 g/mol. The van der Waals surface area contributed by atoms with Crippen molar-refractivity contribution in [1.82, 2.24) is 15.0 Å². The maximum absolute atomic E-state index is 11.8. The summed E-state index contributed by atoms with van der Waals surface area (Å²) < 4.78 is 11.4. The van der Waals surface area contributed by atoms with E-state index in [2.05, 4.69) is 30.9 Å². The molecule has 3 heterocycles. The summed E-state index contributed by atoms with van der Waals surface area (Å²) in [4.78, 5) is 35.6. The minimum atomic E-state index is -0.492. The van der Waals surface area contributed by atoms with Gasteiger partial charge in [0.25, 0.3) is 0 Å². The number of esters is 2. The average molecular weight is 557 g/mol. The summed E-state index contributed by atoms with van der Waals surface area (Å²) in [6.45, 7) is 11.1. The smallest absolute Gasteiger partial charge is 0.312 e. The van der Waals surface area contributed by atoms with Crippen LogP contribution in [0.15, 0.2) is 59.5 Å². The van der Waals surface area contributed by atoms with E-state index in [4.69, 9.17) is 15.2 Å². The first-order chi connectivity index (χ1) is 16.7. The third-order valence-electron chi connectivity index (χ3n) is 4.20. The average Bonchev–Trinajstić information content (AvgIpc) is 2.71. The highest BCUT2D eigenvalue weighted by Crippen LogP contribution is 2.21. The molecule has 192 valence electrons. The SMILES string of the molecule is CC(C)(C)OC(=O)Cc1cc(-c2ccnc(N)c2)ccn1.CC(C)(C)OC(=O)Cc1cc(Br)ccn1. The molecule has 0 saturated heterocycles. The summed E-state index contributed by atoms with van der Waals surface area (Å²) in [6.07, 6.45) is 5.33. The maximum Gasteiger partial charge on any atom is 0.312 e. The van der Waals surface area contributed by atoms with Crippen molar-refractivity contribution >= 4 is 33.7 Å². The zero-order valence-corrected chi connectivity index (χ0v) is 23.1. The predicted molar refractivity (Wildman–Crippen MR) is 143 cm³/mol. The van der Waals surface area contributed by atoms with Crippen molar-refractivity contribution in [2.45, 2.75) is 65.6 Å². The van der Waals surface area contributed by atoms with Crippen molar-refractivity contribution in [1.29, 1.82) is 0 Å². The van der Waals surface area contributed by atoms with Gasteiger partial charge < -0.3 is 15.2 Å². The fourth-order valence-corrected chi connectivity index (χ4v) is 3.36. The summed E-state index contributed by atoms with van der Waals surface area (Å²) in [5.41, 5.74) is 8.00. The van der Waals surface area contributed by atoms with Crippen molar-refractivity contribution in [2.24, 2.45) is 0 Å². The van der Waals surface area contributed by atoms with Gasteiger partial charge in [0, 0.05) is 23.1 Å². The number of pyridine rings is 3. The van der Waals surface area contributed by atoms with E-state index in [1.807, 2.05) is 71.9 Å². The molecular formula is C27H33BrN4O4. The molecule has 0 unspecified atom stereocenters. The van der Waals surface area contributed by atoms with Gasteiger partial charge in [-0.25, -0.2) is 4.98 Å². The lowest BCUT2D eigenvalue weighted by Crippen LogP contribution is -2.25. The first-order valence-corrected chi connectivity index (χ1v) is 12.2. The second-order valence-corrected chi connectivity index (χ2v) is 10.9. The van der Waals surface area contributed by atoms with Gasteiger partial charge >= 0.3 is 11.9 Å². The van der Waals surface area contributed by atoms with Crippen molar-refractivity contribution in [3.05, 3.63) is 70.8 Å². The van der Waals surface area contributed by atoms with Crippen LogP contribution in [0.1, 0.15) is 52.9 Å². The van der Waals surface area contributed by atoms with Gasteiger partial charge in [-0.05, 0) is 89.1 Å². The number of ether oxygens (including phenoxy) is 2. The predicted octanol–water partition coefficient (Wildman–Crippen LogP) is 5.34. The molecule has 0 atom stereocenters. The minimum Gasteiger partial charge on any atom is -0.460 e. The van der Waals surface area contributed by atoms with Crippen LogP contribution in [0.5, 0.6) is 0 Å². The van der Waals surface area contributed by atoms with Gasteiger partial charge in [0.15, 0.2) is 0 Å². The molecule has 9 heteroatoms. The summed E-state index contributed by atoms with van der Waals surface area (Å²) in [6, 6.07) is 11.0. The molecule has 0 radical (unpaired) electrons. The van der Waals surface area contributed by atoms with E-state index in [9.17, 15) is 9.59 Å². The molecule has 3 rings (SSSR count). The summed E-state index contributed by atoms with van der Waals surface area (Å²) in [7, 11) is 0. The molecule has 0 aromatic carbocycles. The Bertz CT molecular complexity index is 1190. The van der Waals surface area contributed by atoms with E-state index in [0.29, 0.717) is 17.2 Å². The summed E-state index contributed by atoms with van der Waals surface area (Å²) in [5.74, 6) is -0.0903. The standard InChI is InChI=1S/C16H19N3O2.C11H14BrNO2/c1-16(2,3)21-15(20)10-13-8-11(4-6-18-13)12-5-7-19-14(17)9-12;1-11(2,3)15-10(14)7-9-6-8(12)4-5-13-9/h4-9H,10H2,1-3H3,(H2,17,19);4-6H,7H2,1-3H3. The third kappa shape index (κ3) is 11.4. The molecule has 2 N–H and O–H groups in total. The highest BCUT2D eigenvalue weighted by atomic mass is 79.9. The van der Waals surface area contributed by atoms with E-state index >= 15 is 0 Å². The summed E-state index contributed by atoms with van der Waals surface area (Å²) >= 11 is 3.32. The largest absolute Gasteiger partial charge is 0.460 e. The Morgan fingerprint density at radius 3 is 1.67 bits per heavy atom. The Morgan fingerprint density at radius 2 is 1.19 bits per heavy atom. The molecule has 0 aliphatic rings. The van der Waals surface area contributed by atoms with E-state index in [0.717, 1.165) is 15.6 Å². The van der Waals surface area contributed by atoms with Crippen molar-refractivity contribution in [3.63, 3.8) is 0 Å². The van der Waals surface area contributed by atoms with E-state index in [1.165, 1.54) is 0 Å². The van der Waals surface area contributed by atoms with Crippen molar-refractivity contribution in [3.8, 4) is 11.1 Å². The molecule has 0 bridgehead atoms. The number of nitrogens with zero attached hydrogens (tertiary/aromatic N) is 3. The molecule has 0 aliphatic heterocycles. The lowest BCUT2D eigenvalue weighted by molar-refractivity contribution is -0.155. The number of nitrogens with two attached hydrogens (primary N) is 1. The van der Waals surface area contributed by atoms with Crippen LogP contribution >= 0.6 is 15.9 Å². The van der Waals surface area contributed by atoms with Crippen molar-refractivity contribution < 1.29 is 19.1 Å². The molecule has 0 spiro atoms. The lowest BCUT2D eigenvalue weighted by Gasteiger charge is -2.19. The Morgan fingerprint density at radius 1 is 0.750 bits per heavy atom. The van der Waals surface area contributed by atoms with Gasteiger partial charge in [-0.1, -0.05) is 15.9 Å². The Labute approximate surface area is 220 Å².